The lowest BCUT2D eigenvalue weighted by Crippen LogP contribution is -2.15. The van der Waals surface area contributed by atoms with Crippen LogP contribution in [0, 0.1) is 11.8 Å². The first-order valence-electron chi connectivity index (χ1n) is 9.65. The van der Waals surface area contributed by atoms with Crippen LogP contribution < -0.4 is 18.9 Å². The fraction of sp³-hybridized carbons (Fsp3) is 0.455. The molecule has 2 aliphatic heterocycles. The zero-order valence-corrected chi connectivity index (χ0v) is 17.4. The van der Waals surface area contributed by atoms with E-state index in [-0.39, 0.29) is 35.5 Å². The van der Waals surface area contributed by atoms with Crippen LogP contribution in [0.4, 0.5) is 0 Å². The average molecular weight is 418 g/mol. The van der Waals surface area contributed by atoms with Crippen molar-refractivity contribution in [1.82, 2.24) is 0 Å². The Bertz CT molecular complexity index is 802. The zero-order valence-electron chi connectivity index (χ0n) is 17.4. The monoisotopic (exact) mass is 418 g/mol. The summed E-state index contributed by atoms with van der Waals surface area (Å²) < 4.78 is 33.4. The maximum atomic E-state index is 10.2. The Balaban J connectivity index is 1.63. The van der Waals surface area contributed by atoms with Gasteiger partial charge < -0.3 is 38.6 Å². The summed E-state index contributed by atoms with van der Waals surface area (Å²) in [5.74, 6) is 1.48. The fourth-order valence-corrected chi connectivity index (χ4v) is 4.39. The Kier molecular flexibility index (Phi) is 5.53. The number of ether oxygens (including phenoxy) is 6. The largest absolute Gasteiger partial charge is 0.502 e. The van der Waals surface area contributed by atoms with Crippen LogP contribution in [0.2, 0.25) is 0 Å². The Morgan fingerprint density at radius 1 is 0.633 bits per heavy atom. The van der Waals surface area contributed by atoms with Gasteiger partial charge in [-0.25, -0.2) is 0 Å². The Morgan fingerprint density at radius 2 is 0.933 bits per heavy atom. The van der Waals surface area contributed by atoms with Crippen LogP contribution in [0.5, 0.6) is 34.5 Å². The van der Waals surface area contributed by atoms with E-state index in [4.69, 9.17) is 28.4 Å². The number of phenolic OH excluding ortho intramolecular Hbond substituents is 2. The molecular formula is C22H26O8. The minimum atomic E-state index is -0.218. The summed E-state index contributed by atoms with van der Waals surface area (Å²) in [6.07, 6.45) is -0.436. The second-order valence-corrected chi connectivity index (χ2v) is 7.38. The molecule has 2 heterocycles. The zero-order chi connectivity index (χ0) is 21.4. The number of phenols is 2. The molecular weight excluding hydrogens is 392 g/mol. The first kappa shape index (κ1) is 20.4. The van der Waals surface area contributed by atoms with E-state index in [0.717, 1.165) is 11.1 Å². The van der Waals surface area contributed by atoms with Gasteiger partial charge in [-0.1, -0.05) is 0 Å². The summed E-state index contributed by atoms with van der Waals surface area (Å²) in [6, 6.07) is 7.07. The Labute approximate surface area is 174 Å². The van der Waals surface area contributed by atoms with Crippen LogP contribution in [0.25, 0.3) is 0 Å². The Morgan fingerprint density at radius 3 is 1.20 bits per heavy atom. The van der Waals surface area contributed by atoms with E-state index in [9.17, 15) is 10.2 Å². The highest BCUT2D eigenvalue weighted by molar-refractivity contribution is 5.54. The van der Waals surface area contributed by atoms with Crippen molar-refractivity contribution in [3.63, 3.8) is 0 Å². The summed E-state index contributed by atoms with van der Waals surface area (Å²) in [6.45, 7) is 1.02. The second kappa shape index (κ2) is 8.12. The van der Waals surface area contributed by atoms with Gasteiger partial charge in [-0.3, -0.25) is 0 Å². The van der Waals surface area contributed by atoms with Gasteiger partial charge in [0.05, 0.1) is 53.9 Å². The molecule has 2 aliphatic rings. The molecule has 4 atom stereocenters. The van der Waals surface area contributed by atoms with Crippen molar-refractivity contribution in [2.75, 3.05) is 41.7 Å². The highest BCUT2D eigenvalue weighted by Gasteiger charge is 2.48. The maximum Gasteiger partial charge on any atom is 0.200 e. The third kappa shape index (κ3) is 3.26. The molecule has 8 nitrogen and oxygen atoms in total. The van der Waals surface area contributed by atoms with E-state index in [1.54, 1.807) is 24.3 Å². The van der Waals surface area contributed by atoms with Crippen molar-refractivity contribution >= 4 is 0 Å². The average Bonchev–Trinajstić information content (AvgIpc) is 3.36. The topological polar surface area (TPSA) is 95.8 Å². The quantitative estimate of drug-likeness (QED) is 0.738. The van der Waals surface area contributed by atoms with Gasteiger partial charge in [0.2, 0.25) is 11.5 Å². The third-order valence-electron chi connectivity index (χ3n) is 5.93. The molecule has 2 fully saturated rings. The lowest BCUT2D eigenvalue weighted by Gasteiger charge is -2.19. The standard InChI is InChI=1S/C22H26O8/c1-25-15-5-11(6-16(26-2)19(15)23)21-13-9-30-22(14(13)10-29-21)12-7-17(27-3)20(24)18(8-12)28-4/h5-8,13-14,21-24H,9-10H2,1-4H3/t13-,14+,21?,22?. The predicted molar refractivity (Wildman–Crippen MR) is 107 cm³/mol. The van der Waals surface area contributed by atoms with Gasteiger partial charge in [0.1, 0.15) is 0 Å². The smallest absolute Gasteiger partial charge is 0.200 e. The van der Waals surface area contributed by atoms with Crippen molar-refractivity contribution in [2.24, 2.45) is 11.8 Å². The normalized spacial score (nSPS) is 25.1. The van der Waals surface area contributed by atoms with E-state index >= 15 is 0 Å². The molecule has 0 saturated carbocycles. The van der Waals surface area contributed by atoms with Crippen LogP contribution in [-0.2, 0) is 9.47 Å². The molecule has 0 spiro atoms. The van der Waals surface area contributed by atoms with Crippen LogP contribution in [-0.4, -0.2) is 51.9 Å². The van der Waals surface area contributed by atoms with E-state index in [1.807, 2.05) is 0 Å². The van der Waals surface area contributed by atoms with Gasteiger partial charge in [-0.05, 0) is 35.4 Å². The number of rotatable bonds is 6. The highest BCUT2D eigenvalue weighted by atomic mass is 16.5. The van der Waals surface area contributed by atoms with Gasteiger partial charge in [-0.15, -0.1) is 0 Å². The molecule has 0 aliphatic carbocycles. The van der Waals surface area contributed by atoms with E-state index in [1.165, 1.54) is 28.4 Å². The lowest BCUT2D eigenvalue weighted by molar-refractivity contribution is 0.0190. The number of fused-ring (bicyclic) bond motifs is 1. The highest BCUT2D eigenvalue weighted by Crippen LogP contribution is 2.53. The minimum Gasteiger partial charge on any atom is -0.502 e. The molecule has 0 aromatic heterocycles. The predicted octanol–water partition coefficient (Wildman–Crippen LogP) is 3.21. The molecule has 30 heavy (non-hydrogen) atoms. The summed E-state index contributed by atoms with van der Waals surface area (Å²) >= 11 is 0. The SMILES string of the molecule is COc1cc(C2OC[C@H]3C(c4cc(OC)c(O)c(OC)c4)OC[C@H]23)cc(OC)c1O. The number of methoxy groups -OCH3 is 4. The van der Waals surface area contributed by atoms with Crippen molar-refractivity contribution in [1.29, 1.82) is 0 Å². The molecule has 8 heteroatoms. The molecule has 162 valence electrons. The van der Waals surface area contributed by atoms with E-state index in [0.29, 0.717) is 36.2 Å². The molecule has 2 N–H and O–H groups in total. The molecule has 0 radical (unpaired) electrons. The van der Waals surface area contributed by atoms with Gasteiger partial charge in [0.25, 0.3) is 0 Å². The molecule has 0 bridgehead atoms. The van der Waals surface area contributed by atoms with Crippen molar-refractivity contribution in [3.05, 3.63) is 35.4 Å². The van der Waals surface area contributed by atoms with Crippen molar-refractivity contribution < 1.29 is 38.6 Å². The second-order valence-electron chi connectivity index (χ2n) is 7.38. The lowest BCUT2D eigenvalue weighted by atomic mass is 9.84. The third-order valence-corrected chi connectivity index (χ3v) is 5.93. The summed E-state index contributed by atoms with van der Waals surface area (Å²) in [4.78, 5) is 0. The summed E-state index contributed by atoms with van der Waals surface area (Å²) in [5, 5.41) is 20.4. The fourth-order valence-electron chi connectivity index (χ4n) is 4.39. The molecule has 2 saturated heterocycles. The van der Waals surface area contributed by atoms with Gasteiger partial charge in [-0.2, -0.15) is 0 Å². The maximum absolute atomic E-state index is 10.2. The summed E-state index contributed by atoms with van der Waals surface area (Å²) in [7, 11) is 5.99. The van der Waals surface area contributed by atoms with Crippen molar-refractivity contribution in [3.8, 4) is 34.5 Å². The van der Waals surface area contributed by atoms with Crippen LogP contribution in [0.15, 0.2) is 24.3 Å². The van der Waals surface area contributed by atoms with Crippen LogP contribution in [0.3, 0.4) is 0 Å². The first-order valence-corrected chi connectivity index (χ1v) is 9.65. The number of hydrogen-bond acceptors (Lipinski definition) is 8. The first-order chi connectivity index (χ1) is 14.5. The number of aromatic hydroxyl groups is 2. The van der Waals surface area contributed by atoms with Gasteiger partial charge in [0, 0.05) is 11.8 Å². The number of benzene rings is 2. The molecule has 2 aromatic rings. The van der Waals surface area contributed by atoms with Crippen molar-refractivity contribution in [2.45, 2.75) is 12.2 Å². The summed E-state index contributed by atoms with van der Waals surface area (Å²) in [5.41, 5.74) is 1.72. The van der Waals surface area contributed by atoms with Gasteiger partial charge >= 0.3 is 0 Å². The van der Waals surface area contributed by atoms with E-state index in [2.05, 4.69) is 0 Å². The molecule has 0 amide bonds. The van der Waals surface area contributed by atoms with E-state index < -0.39 is 0 Å². The Hall–Kier alpha value is -2.84. The molecule has 2 unspecified atom stereocenters. The van der Waals surface area contributed by atoms with Crippen LogP contribution in [0.1, 0.15) is 23.3 Å². The van der Waals surface area contributed by atoms with Gasteiger partial charge in [0.15, 0.2) is 23.0 Å². The minimum absolute atomic E-state index is 0.0397. The molecule has 2 aromatic carbocycles. The van der Waals surface area contributed by atoms with Crippen LogP contribution >= 0.6 is 0 Å². The number of hydrogen-bond donors (Lipinski definition) is 2. The molecule has 4 rings (SSSR count).